The minimum atomic E-state index is -0.186. The summed E-state index contributed by atoms with van der Waals surface area (Å²) in [6, 6.07) is 5.72. The molecule has 1 heterocycles. The number of hydrogen-bond donors (Lipinski definition) is 1. The molecule has 0 unspecified atom stereocenters. The molecule has 0 aliphatic rings. The summed E-state index contributed by atoms with van der Waals surface area (Å²) in [5.74, 6) is 1.40. The van der Waals surface area contributed by atoms with Crippen molar-refractivity contribution in [3.8, 4) is 11.5 Å². The maximum absolute atomic E-state index is 11.8. The third kappa shape index (κ3) is 3.59. The summed E-state index contributed by atoms with van der Waals surface area (Å²) in [7, 11) is 3.21. The van der Waals surface area contributed by atoms with Crippen molar-refractivity contribution in [2.75, 3.05) is 19.0 Å². The zero-order valence-corrected chi connectivity index (χ0v) is 14.3. The van der Waals surface area contributed by atoms with E-state index in [1.165, 1.54) is 4.68 Å². The summed E-state index contributed by atoms with van der Waals surface area (Å²) in [4.78, 5) is 11.8. The number of nitrogens with one attached hydrogen (secondary N) is 1. The number of aromatic nitrogens is 2. The minimum absolute atomic E-state index is 0.186. The summed E-state index contributed by atoms with van der Waals surface area (Å²) in [6.07, 6.45) is 1.61. The van der Waals surface area contributed by atoms with Crippen molar-refractivity contribution in [3.63, 3.8) is 0 Å². The van der Waals surface area contributed by atoms with Gasteiger partial charge in [0.2, 0.25) is 0 Å². The Morgan fingerprint density at radius 1 is 1.36 bits per heavy atom. The van der Waals surface area contributed by atoms with E-state index >= 15 is 0 Å². The van der Waals surface area contributed by atoms with Crippen LogP contribution in [0.25, 0.3) is 0 Å². The zero-order valence-electron chi connectivity index (χ0n) is 12.7. The summed E-state index contributed by atoms with van der Waals surface area (Å²) in [5.41, 5.74) is 1.47. The van der Waals surface area contributed by atoms with Gasteiger partial charge in [0.25, 0.3) is 5.56 Å². The molecule has 0 radical (unpaired) electrons. The van der Waals surface area contributed by atoms with Crippen molar-refractivity contribution in [3.05, 3.63) is 44.8 Å². The van der Waals surface area contributed by atoms with Crippen LogP contribution in [0, 0.1) is 0 Å². The van der Waals surface area contributed by atoms with Gasteiger partial charge in [-0.1, -0.05) is 6.07 Å². The molecule has 0 spiro atoms. The quantitative estimate of drug-likeness (QED) is 0.849. The molecule has 118 valence electrons. The number of methoxy groups -OCH3 is 1. The van der Waals surface area contributed by atoms with Crippen molar-refractivity contribution in [2.45, 2.75) is 13.5 Å². The van der Waals surface area contributed by atoms with Crippen LogP contribution in [0.4, 0.5) is 5.69 Å². The van der Waals surface area contributed by atoms with E-state index in [0.717, 1.165) is 5.56 Å². The highest BCUT2D eigenvalue weighted by molar-refractivity contribution is 9.10. The SMILES string of the molecule is CCOc1ccc(CNc2cnn(C)c(=O)c2Br)cc1OC. The van der Waals surface area contributed by atoms with Crippen LogP contribution in [-0.2, 0) is 13.6 Å². The van der Waals surface area contributed by atoms with Crippen LogP contribution in [0.1, 0.15) is 12.5 Å². The van der Waals surface area contributed by atoms with Gasteiger partial charge in [-0.15, -0.1) is 0 Å². The van der Waals surface area contributed by atoms with E-state index in [2.05, 4.69) is 26.3 Å². The normalized spacial score (nSPS) is 10.4. The molecule has 2 rings (SSSR count). The molecular formula is C15H18BrN3O3. The maximum atomic E-state index is 11.8. The average Bonchev–Trinajstić information content (AvgIpc) is 2.53. The molecule has 0 atom stereocenters. The van der Waals surface area contributed by atoms with Crippen LogP contribution in [0.2, 0.25) is 0 Å². The third-order valence-electron chi connectivity index (χ3n) is 3.09. The summed E-state index contributed by atoms with van der Waals surface area (Å²) in [6.45, 7) is 3.05. The fraction of sp³-hybridized carbons (Fsp3) is 0.333. The van der Waals surface area contributed by atoms with Gasteiger partial charge in [0.15, 0.2) is 11.5 Å². The lowest BCUT2D eigenvalue weighted by Gasteiger charge is -2.12. The van der Waals surface area contributed by atoms with Crippen LogP contribution >= 0.6 is 15.9 Å². The van der Waals surface area contributed by atoms with Crippen molar-refractivity contribution in [1.82, 2.24) is 9.78 Å². The Bertz CT molecular complexity index is 716. The second-order valence-electron chi connectivity index (χ2n) is 4.57. The van der Waals surface area contributed by atoms with Gasteiger partial charge < -0.3 is 14.8 Å². The number of ether oxygens (including phenoxy) is 2. The first kappa shape index (κ1) is 16.4. The predicted molar refractivity (Wildman–Crippen MR) is 88.7 cm³/mol. The van der Waals surface area contributed by atoms with Gasteiger partial charge in [0.1, 0.15) is 4.47 Å². The molecule has 1 N–H and O–H groups in total. The fourth-order valence-corrected chi connectivity index (χ4v) is 2.43. The molecule has 0 saturated heterocycles. The van der Waals surface area contributed by atoms with Crippen LogP contribution in [0.3, 0.4) is 0 Å². The topological polar surface area (TPSA) is 65.4 Å². The van der Waals surface area contributed by atoms with Crippen LogP contribution in [0.15, 0.2) is 33.7 Å². The third-order valence-corrected chi connectivity index (χ3v) is 3.86. The molecule has 2 aromatic rings. The molecule has 0 aliphatic carbocycles. The summed E-state index contributed by atoms with van der Waals surface area (Å²) in [5, 5.41) is 7.17. The monoisotopic (exact) mass is 367 g/mol. The van der Waals surface area contributed by atoms with Gasteiger partial charge in [-0.25, -0.2) is 4.68 Å². The molecule has 0 saturated carbocycles. The van der Waals surface area contributed by atoms with Crippen LogP contribution in [-0.4, -0.2) is 23.5 Å². The number of nitrogens with zero attached hydrogens (tertiary/aromatic N) is 2. The fourth-order valence-electron chi connectivity index (χ4n) is 1.93. The molecule has 0 bridgehead atoms. The van der Waals surface area contributed by atoms with Gasteiger partial charge >= 0.3 is 0 Å². The van der Waals surface area contributed by atoms with E-state index in [9.17, 15) is 4.79 Å². The zero-order chi connectivity index (χ0) is 16.1. The van der Waals surface area contributed by atoms with Crippen molar-refractivity contribution in [1.29, 1.82) is 0 Å². The molecule has 1 aromatic carbocycles. The van der Waals surface area contributed by atoms with Gasteiger partial charge in [-0.05, 0) is 40.5 Å². The molecule has 7 heteroatoms. The molecule has 0 amide bonds. The Morgan fingerprint density at radius 3 is 2.82 bits per heavy atom. The van der Waals surface area contributed by atoms with Crippen molar-refractivity contribution >= 4 is 21.6 Å². The molecule has 0 aliphatic heterocycles. The smallest absolute Gasteiger partial charge is 0.282 e. The Kier molecular flexibility index (Phi) is 5.43. The lowest BCUT2D eigenvalue weighted by molar-refractivity contribution is 0.310. The number of rotatable bonds is 6. The van der Waals surface area contributed by atoms with Crippen molar-refractivity contribution < 1.29 is 9.47 Å². The van der Waals surface area contributed by atoms with Crippen LogP contribution < -0.4 is 20.3 Å². The molecule has 0 fully saturated rings. The van der Waals surface area contributed by atoms with E-state index < -0.39 is 0 Å². The van der Waals surface area contributed by atoms with Gasteiger partial charge in [-0.2, -0.15) is 5.10 Å². The Hall–Kier alpha value is -2.02. The van der Waals surface area contributed by atoms with E-state index in [0.29, 0.717) is 34.8 Å². The number of benzene rings is 1. The first-order valence-electron chi connectivity index (χ1n) is 6.82. The second kappa shape index (κ2) is 7.31. The van der Waals surface area contributed by atoms with Gasteiger partial charge in [-0.3, -0.25) is 4.79 Å². The first-order valence-corrected chi connectivity index (χ1v) is 7.61. The maximum Gasteiger partial charge on any atom is 0.282 e. The summed E-state index contributed by atoms with van der Waals surface area (Å²) >= 11 is 3.28. The number of anilines is 1. The van der Waals surface area contributed by atoms with Gasteiger partial charge in [0, 0.05) is 13.6 Å². The predicted octanol–water partition coefficient (Wildman–Crippen LogP) is 2.56. The lowest BCUT2D eigenvalue weighted by Crippen LogP contribution is -2.21. The van der Waals surface area contributed by atoms with Gasteiger partial charge in [0.05, 0.1) is 25.6 Å². The largest absolute Gasteiger partial charge is 0.493 e. The summed E-state index contributed by atoms with van der Waals surface area (Å²) < 4.78 is 12.5. The molecule has 22 heavy (non-hydrogen) atoms. The number of hydrogen-bond acceptors (Lipinski definition) is 5. The highest BCUT2D eigenvalue weighted by Crippen LogP contribution is 2.28. The highest BCUT2D eigenvalue weighted by Gasteiger charge is 2.08. The first-order chi connectivity index (χ1) is 10.6. The standard InChI is InChI=1S/C15H18BrN3O3/c1-4-22-12-6-5-10(7-13(12)21-3)8-17-11-9-18-19(2)15(20)14(11)16/h5-7,9,17H,4,8H2,1-3H3. The Labute approximate surface area is 137 Å². The Balaban J connectivity index is 2.15. The second-order valence-corrected chi connectivity index (χ2v) is 5.37. The molecule has 6 nitrogen and oxygen atoms in total. The minimum Gasteiger partial charge on any atom is -0.493 e. The molecule has 1 aromatic heterocycles. The van der Waals surface area contributed by atoms with E-state index in [1.807, 2.05) is 25.1 Å². The van der Waals surface area contributed by atoms with E-state index in [4.69, 9.17) is 9.47 Å². The average molecular weight is 368 g/mol. The number of aryl methyl sites for hydroxylation is 1. The highest BCUT2D eigenvalue weighted by atomic mass is 79.9. The number of halogens is 1. The van der Waals surface area contributed by atoms with Crippen LogP contribution in [0.5, 0.6) is 11.5 Å². The van der Waals surface area contributed by atoms with E-state index in [1.54, 1.807) is 20.4 Å². The Morgan fingerprint density at radius 2 is 2.14 bits per heavy atom. The van der Waals surface area contributed by atoms with Crippen molar-refractivity contribution in [2.24, 2.45) is 7.05 Å². The van der Waals surface area contributed by atoms with E-state index in [-0.39, 0.29) is 5.56 Å². The molecular weight excluding hydrogens is 350 g/mol. The lowest BCUT2D eigenvalue weighted by atomic mass is 10.2.